The first-order chi connectivity index (χ1) is 16.3. The van der Waals surface area contributed by atoms with E-state index < -0.39 is 0 Å². The van der Waals surface area contributed by atoms with Crippen molar-refractivity contribution in [1.29, 1.82) is 15.8 Å². The second-order valence-corrected chi connectivity index (χ2v) is 6.46. The van der Waals surface area contributed by atoms with E-state index in [9.17, 15) is 0 Å². The van der Waals surface area contributed by atoms with Crippen molar-refractivity contribution in [2.45, 2.75) is 0 Å². The summed E-state index contributed by atoms with van der Waals surface area (Å²) in [6.45, 7) is 0. The van der Waals surface area contributed by atoms with E-state index in [0.29, 0.717) is 28.4 Å². The minimum Gasteiger partial charge on any atom is -0.388 e. The molecule has 4 aromatic carbocycles. The predicted molar refractivity (Wildman–Crippen MR) is 122 cm³/mol. The third-order valence-electron chi connectivity index (χ3n) is 4.50. The van der Waals surface area contributed by atoms with Gasteiger partial charge in [0.15, 0.2) is 0 Å². The van der Waals surface area contributed by atoms with E-state index in [4.69, 9.17) is 30.0 Å². The highest BCUT2D eigenvalue weighted by Gasteiger charge is 2.11. The van der Waals surface area contributed by atoms with Gasteiger partial charge in [-0.05, 0) is 35.4 Å². The summed E-state index contributed by atoms with van der Waals surface area (Å²) in [5.74, 6) is 1.42. The lowest BCUT2D eigenvalue weighted by molar-refractivity contribution is 0.501. The largest absolute Gasteiger partial charge is 0.388 e. The molecule has 0 N–H and O–H groups in total. The van der Waals surface area contributed by atoms with Crippen molar-refractivity contribution in [2.24, 2.45) is 0 Å². The molecule has 0 heterocycles. The van der Waals surface area contributed by atoms with Crippen molar-refractivity contribution >= 4 is 0 Å². The minimum atomic E-state index is 0.425. The molecule has 0 unspecified atom stereocenters. The average molecular weight is 431 g/mol. The van der Waals surface area contributed by atoms with Crippen LogP contribution in [0, 0.1) is 34.6 Å². The molecule has 158 valence electrons. The van der Waals surface area contributed by atoms with Crippen LogP contribution in [0.25, 0.3) is 22.3 Å². The van der Waals surface area contributed by atoms with Gasteiger partial charge in [0, 0.05) is 11.1 Å². The first kappa shape index (κ1) is 22.4. The van der Waals surface area contributed by atoms with Gasteiger partial charge in [0.2, 0.25) is 0 Å². The van der Waals surface area contributed by atoms with Gasteiger partial charge in [-0.25, -0.2) is 0 Å². The molecular formula is C27H17N3O3. The van der Waals surface area contributed by atoms with E-state index in [1.54, 1.807) is 67.3 Å². The summed E-state index contributed by atoms with van der Waals surface area (Å²) in [6.07, 6.45) is 4.92. The van der Waals surface area contributed by atoms with Gasteiger partial charge in [-0.3, -0.25) is 0 Å². The molecule has 4 rings (SSSR count). The lowest BCUT2D eigenvalue weighted by Gasteiger charge is -2.09. The van der Waals surface area contributed by atoms with Crippen LogP contribution in [0.2, 0.25) is 0 Å². The van der Waals surface area contributed by atoms with Crippen molar-refractivity contribution in [3.8, 4) is 58.3 Å². The SMILES string of the molecule is N#COc1ccc(-c2ccccc2)cc1.N#COc1ccccc1-c1ccccc1OC#N. The molecule has 4 aromatic rings. The lowest BCUT2D eigenvalue weighted by atomic mass is 10.0. The summed E-state index contributed by atoms with van der Waals surface area (Å²) < 4.78 is 14.5. The van der Waals surface area contributed by atoms with E-state index in [2.05, 4.69) is 0 Å². The minimum absolute atomic E-state index is 0.425. The molecule has 6 nitrogen and oxygen atoms in total. The summed E-state index contributed by atoms with van der Waals surface area (Å²) in [4.78, 5) is 0. The second-order valence-electron chi connectivity index (χ2n) is 6.46. The quantitative estimate of drug-likeness (QED) is 0.345. The number of ether oxygens (including phenoxy) is 3. The number of hydrogen-bond donors (Lipinski definition) is 0. The van der Waals surface area contributed by atoms with Crippen molar-refractivity contribution in [3.63, 3.8) is 0 Å². The molecule has 0 aromatic heterocycles. The Morgan fingerprint density at radius 1 is 0.424 bits per heavy atom. The molecule has 0 bridgehead atoms. The summed E-state index contributed by atoms with van der Waals surface area (Å²) in [5, 5.41) is 25.5. The predicted octanol–water partition coefficient (Wildman–Crippen LogP) is 6.29. The second kappa shape index (κ2) is 11.8. The van der Waals surface area contributed by atoms with Crippen molar-refractivity contribution in [1.82, 2.24) is 0 Å². The van der Waals surface area contributed by atoms with E-state index in [-0.39, 0.29) is 0 Å². The zero-order valence-corrected chi connectivity index (χ0v) is 17.4. The summed E-state index contributed by atoms with van der Waals surface area (Å²) >= 11 is 0. The monoisotopic (exact) mass is 431 g/mol. The van der Waals surface area contributed by atoms with Crippen LogP contribution in [0.4, 0.5) is 0 Å². The molecule has 0 radical (unpaired) electrons. The summed E-state index contributed by atoms with van der Waals surface area (Å²) in [6, 6.07) is 31.6. The summed E-state index contributed by atoms with van der Waals surface area (Å²) in [5.41, 5.74) is 3.66. The third-order valence-corrected chi connectivity index (χ3v) is 4.50. The Morgan fingerprint density at radius 2 is 0.848 bits per heavy atom. The fourth-order valence-electron chi connectivity index (χ4n) is 3.05. The molecule has 0 aliphatic rings. The number of hydrogen-bond acceptors (Lipinski definition) is 6. The number of benzene rings is 4. The molecule has 0 saturated heterocycles. The van der Waals surface area contributed by atoms with Gasteiger partial charge in [-0.15, -0.1) is 15.8 Å². The van der Waals surface area contributed by atoms with Crippen LogP contribution < -0.4 is 14.2 Å². The van der Waals surface area contributed by atoms with E-state index in [1.165, 1.54) is 0 Å². The highest BCUT2D eigenvalue weighted by Crippen LogP contribution is 2.36. The standard InChI is InChI=1S/C14H8N2O2.C13H9NO/c15-9-17-13-7-3-1-5-11(13)12-6-2-4-8-14(12)18-10-16;14-10-15-13-8-6-12(7-9-13)11-4-2-1-3-5-11/h1-8H;1-9H. The Labute approximate surface area is 191 Å². The fraction of sp³-hybridized carbons (Fsp3) is 0. The van der Waals surface area contributed by atoms with Gasteiger partial charge in [0.1, 0.15) is 17.2 Å². The van der Waals surface area contributed by atoms with Crippen LogP contribution in [-0.2, 0) is 0 Å². The maximum atomic E-state index is 8.61. The average Bonchev–Trinajstić information content (AvgIpc) is 2.87. The van der Waals surface area contributed by atoms with Gasteiger partial charge < -0.3 is 14.2 Å². The Bertz CT molecular complexity index is 1260. The van der Waals surface area contributed by atoms with E-state index >= 15 is 0 Å². The Kier molecular flexibility index (Phi) is 8.03. The van der Waals surface area contributed by atoms with E-state index in [0.717, 1.165) is 11.1 Å². The molecule has 0 spiro atoms. The van der Waals surface area contributed by atoms with Crippen LogP contribution >= 0.6 is 0 Å². The maximum Gasteiger partial charge on any atom is 0.292 e. The van der Waals surface area contributed by atoms with Gasteiger partial charge in [-0.2, -0.15) is 0 Å². The van der Waals surface area contributed by atoms with Gasteiger partial charge in [-0.1, -0.05) is 78.9 Å². The van der Waals surface area contributed by atoms with Crippen LogP contribution in [0.5, 0.6) is 17.2 Å². The van der Waals surface area contributed by atoms with Crippen molar-refractivity contribution in [3.05, 3.63) is 103 Å². The lowest BCUT2D eigenvalue weighted by Crippen LogP contribution is -1.90. The van der Waals surface area contributed by atoms with E-state index in [1.807, 2.05) is 54.6 Å². The highest BCUT2D eigenvalue weighted by atomic mass is 16.5. The molecule has 0 aliphatic heterocycles. The smallest absolute Gasteiger partial charge is 0.292 e. The third kappa shape index (κ3) is 6.12. The highest BCUT2D eigenvalue weighted by molar-refractivity contribution is 5.76. The molecule has 6 heteroatoms. The molecular weight excluding hydrogens is 414 g/mol. The first-order valence-electron chi connectivity index (χ1n) is 9.78. The van der Waals surface area contributed by atoms with Crippen LogP contribution in [0.1, 0.15) is 0 Å². The van der Waals surface area contributed by atoms with Gasteiger partial charge >= 0.3 is 0 Å². The fourth-order valence-corrected chi connectivity index (χ4v) is 3.05. The van der Waals surface area contributed by atoms with Gasteiger partial charge in [0.05, 0.1) is 0 Å². The zero-order chi connectivity index (χ0) is 23.3. The topological polar surface area (TPSA) is 99.1 Å². The Hall–Kier alpha value is -5.25. The van der Waals surface area contributed by atoms with Crippen LogP contribution in [-0.4, -0.2) is 0 Å². The maximum absolute atomic E-state index is 8.61. The number of nitriles is 3. The van der Waals surface area contributed by atoms with Crippen LogP contribution in [0.15, 0.2) is 103 Å². The number of nitrogens with zero attached hydrogens (tertiary/aromatic N) is 3. The Balaban J connectivity index is 0.000000189. The van der Waals surface area contributed by atoms with Crippen molar-refractivity contribution < 1.29 is 14.2 Å². The zero-order valence-electron chi connectivity index (χ0n) is 17.4. The molecule has 0 fully saturated rings. The summed E-state index contributed by atoms with van der Waals surface area (Å²) in [7, 11) is 0. The molecule has 0 saturated carbocycles. The van der Waals surface area contributed by atoms with Crippen molar-refractivity contribution in [2.75, 3.05) is 0 Å². The molecule has 0 atom stereocenters. The van der Waals surface area contributed by atoms with Crippen LogP contribution in [0.3, 0.4) is 0 Å². The molecule has 33 heavy (non-hydrogen) atoms. The number of rotatable bonds is 5. The van der Waals surface area contributed by atoms with Gasteiger partial charge in [0.25, 0.3) is 18.8 Å². The first-order valence-corrected chi connectivity index (χ1v) is 9.78. The number of para-hydroxylation sites is 2. The Morgan fingerprint density at radius 3 is 1.33 bits per heavy atom. The molecule has 0 amide bonds. The normalized spacial score (nSPS) is 9.12. The molecule has 0 aliphatic carbocycles.